The molecule has 1 unspecified atom stereocenters. The number of hydrogen-bond acceptors (Lipinski definition) is 6. The lowest BCUT2D eigenvalue weighted by molar-refractivity contribution is -0.139. The van der Waals surface area contributed by atoms with Crippen molar-refractivity contribution in [3.8, 4) is 0 Å². The van der Waals surface area contributed by atoms with Crippen molar-refractivity contribution in [2.75, 3.05) is 46.4 Å². The van der Waals surface area contributed by atoms with Crippen molar-refractivity contribution in [2.45, 2.75) is 56.5 Å². The van der Waals surface area contributed by atoms with E-state index in [1.165, 1.54) is 13.5 Å². The Labute approximate surface area is 258 Å². The first kappa shape index (κ1) is 32.3. The second-order valence-electron chi connectivity index (χ2n) is 11.3. The number of methoxy groups -OCH3 is 1. The Morgan fingerprint density at radius 3 is 2.19 bits per heavy atom. The predicted octanol–water partition coefficient (Wildman–Crippen LogP) is 2.93. The molecule has 0 radical (unpaired) electrons. The molecule has 1 heterocycles. The molecular weight excluding hydrogens is 570 g/mol. The molecule has 11 heteroatoms. The Morgan fingerprint density at radius 1 is 0.860 bits per heavy atom. The molecule has 1 aliphatic carbocycles. The number of rotatable bonds is 11. The van der Waals surface area contributed by atoms with Crippen molar-refractivity contribution >= 4 is 35.4 Å². The van der Waals surface area contributed by atoms with Gasteiger partial charge >= 0.3 is 6.09 Å². The van der Waals surface area contributed by atoms with Gasteiger partial charge in [-0.2, -0.15) is 0 Å². The number of carbonyl (C=O) groups is 4. The van der Waals surface area contributed by atoms with Crippen LogP contribution in [0.15, 0.2) is 54.6 Å². The van der Waals surface area contributed by atoms with Gasteiger partial charge in [-0.25, -0.2) is 4.79 Å². The molecule has 0 bridgehead atoms. The molecule has 43 heavy (non-hydrogen) atoms. The van der Waals surface area contributed by atoms with E-state index in [9.17, 15) is 19.2 Å². The molecule has 1 saturated heterocycles. The third-order valence-electron chi connectivity index (χ3n) is 8.43. The highest BCUT2D eigenvalue weighted by Crippen LogP contribution is 2.34. The van der Waals surface area contributed by atoms with Crippen LogP contribution in [0.3, 0.4) is 0 Å². The number of piperazine rings is 1. The number of ether oxygens (including phenoxy) is 1. The standard InChI is InChI=1S/C32H42ClN5O5/c1-43-31(42)34-22-29(40)36-27(20-25-10-12-26(33)13-11-25)30(41)37-16-18-38(19-17-37)32(14-6-3-7-15-32)23-35-28(39)21-24-8-4-2-5-9-24/h2,4-5,8-13,27H,3,6-7,14-23H2,1H3,(H,34,42)(H,35,39)(H,36,40). The van der Waals surface area contributed by atoms with Gasteiger partial charge in [0.2, 0.25) is 17.7 Å². The molecule has 232 valence electrons. The van der Waals surface area contributed by atoms with Gasteiger partial charge in [0, 0.05) is 49.7 Å². The molecule has 1 saturated carbocycles. The molecule has 2 aromatic rings. The van der Waals surface area contributed by atoms with Crippen LogP contribution in [0.4, 0.5) is 4.79 Å². The fraction of sp³-hybridized carbons (Fsp3) is 0.500. The smallest absolute Gasteiger partial charge is 0.407 e. The van der Waals surface area contributed by atoms with Crippen LogP contribution in [0.2, 0.25) is 5.02 Å². The summed E-state index contributed by atoms with van der Waals surface area (Å²) in [6.45, 7) is 2.70. The zero-order chi connectivity index (χ0) is 30.7. The number of nitrogens with zero attached hydrogens (tertiary/aromatic N) is 2. The third-order valence-corrected chi connectivity index (χ3v) is 8.69. The molecule has 2 aliphatic rings. The lowest BCUT2D eigenvalue weighted by atomic mass is 9.79. The zero-order valence-corrected chi connectivity index (χ0v) is 25.5. The third kappa shape index (κ3) is 9.43. The van der Waals surface area contributed by atoms with E-state index in [1.807, 2.05) is 42.5 Å². The lowest BCUT2D eigenvalue weighted by Crippen LogP contribution is -2.63. The SMILES string of the molecule is COC(=O)NCC(=O)NC(Cc1ccc(Cl)cc1)C(=O)N1CCN(C2(CNC(=O)Cc3ccccc3)CCCCC2)CC1. The van der Waals surface area contributed by atoms with Gasteiger partial charge in [-0.1, -0.05) is 73.3 Å². The minimum Gasteiger partial charge on any atom is -0.453 e. The van der Waals surface area contributed by atoms with Gasteiger partial charge in [-0.05, 0) is 36.1 Å². The van der Waals surface area contributed by atoms with Crippen LogP contribution in [0.5, 0.6) is 0 Å². The van der Waals surface area contributed by atoms with E-state index >= 15 is 0 Å². The highest BCUT2D eigenvalue weighted by Gasteiger charge is 2.40. The van der Waals surface area contributed by atoms with Crippen LogP contribution in [0.25, 0.3) is 0 Å². The molecule has 2 aromatic carbocycles. The molecule has 4 rings (SSSR count). The Balaban J connectivity index is 1.38. The molecule has 0 spiro atoms. The van der Waals surface area contributed by atoms with Gasteiger partial charge in [-0.3, -0.25) is 19.3 Å². The normalized spacial score (nSPS) is 17.4. The molecule has 10 nitrogen and oxygen atoms in total. The van der Waals surface area contributed by atoms with Crippen LogP contribution >= 0.6 is 11.6 Å². The van der Waals surface area contributed by atoms with E-state index in [-0.39, 0.29) is 30.3 Å². The molecular formula is C32H42ClN5O5. The summed E-state index contributed by atoms with van der Waals surface area (Å²) in [5.41, 5.74) is 1.72. The van der Waals surface area contributed by atoms with E-state index in [0.717, 1.165) is 36.8 Å². The minimum absolute atomic E-state index is 0.0208. The molecule has 0 aromatic heterocycles. The van der Waals surface area contributed by atoms with Crippen LogP contribution < -0.4 is 16.0 Å². The van der Waals surface area contributed by atoms with E-state index in [0.29, 0.717) is 44.2 Å². The summed E-state index contributed by atoms with van der Waals surface area (Å²) in [7, 11) is 1.22. The summed E-state index contributed by atoms with van der Waals surface area (Å²) in [6, 6.07) is 16.1. The van der Waals surface area contributed by atoms with E-state index in [4.69, 9.17) is 11.6 Å². The summed E-state index contributed by atoms with van der Waals surface area (Å²) >= 11 is 6.04. The summed E-state index contributed by atoms with van der Waals surface area (Å²) in [4.78, 5) is 54.9. The second kappa shape index (κ2) is 15.7. The predicted molar refractivity (Wildman–Crippen MR) is 165 cm³/mol. The summed E-state index contributed by atoms with van der Waals surface area (Å²) < 4.78 is 4.53. The van der Waals surface area contributed by atoms with Crippen molar-refractivity contribution in [1.82, 2.24) is 25.8 Å². The van der Waals surface area contributed by atoms with E-state index in [1.54, 1.807) is 17.0 Å². The minimum atomic E-state index is -0.805. The molecule has 2 fully saturated rings. The number of carbonyl (C=O) groups excluding carboxylic acids is 4. The number of amides is 4. The van der Waals surface area contributed by atoms with Gasteiger partial charge < -0.3 is 25.6 Å². The lowest BCUT2D eigenvalue weighted by Gasteiger charge is -2.50. The van der Waals surface area contributed by atoms with E-state index < -0.39 is 18.0 Å². The maximum absolute atomic E-state index is 13.7. The summed E-state index contributed by atoms with van der Waals surface area (Å²) in [6.07, 6.45) is 5.36. The van der Waals surface area contributed by atoms with Gasteiger partial charge in [0.05, 0.1) is 13.5 Å². The first-order chi connectivity index (χ1) is 20.8. The quantitative estimate of drug-likeness (QED) is 0.359. The molecule has 1 aliphatic heterocycles. The van der Waals surface area contributed by atoms with Crippen LogP contribution in [-0.4, -0.2) is 91.6 Å². The maximum atomic E-state index is 13.7. The maximum Gasteiger partial charge on any atom is 0.407 e. The number of benzene rings is 2. The average molecular weight is 612 g/mol. The van der Waals surface area contributed by atoms with E-state index in [2.05, 4.69) is 25.6 Å². The van der Waals surface area contributed by atoms with Crippen molar-refractivity contribution in [3.05, 3.63) is 70.7 Å². The van der Waals surface area contributed by atoms with Crippen LogP contribution in [0, 0.1) is 0 Å². The largest absolute Gasteiger partial charge is 0.453 e. The Morgan fingerprint density at radius 2 is 1.53 bits per heavy atom. The van der Waals surface area contributed by atoms with Crippen molar-refractivity contribution in [1.29, 1.82) is 0 Å². The van der Waals surface area contributed by atoms with Crippen molar-refractivity contribution < 1.29 is 23.9 Å². The fourth-order valence-electron chi connectivity index (χ4n) is 6.07. The number of hydrogen-bond donors (Lipinski definition) is 3. The van der Waals surface area contributed by atoms with Crippen LogP contribution in [0.1, 0.15) is 43.2 Å². The topological polar surface area (TPSA) is 120 Å². The molecule has 1 atom stereocenters. The van der Waals surface area contributed by atoms with Gasteiger partial charge in [0.15, 0.2) is 0 Å². The summed E-state index contributed by atoms with van der Waals surface area (Å²) in [5, 5.41) is 8.95. The fourth-order valence-corrected chi connectivity index (χ4v) is 6.20. The highest BCUT2D eigenvalue weighted by molar-refractivity contribution is 6.30. The number of halogens is 1. The van der Waals surface area contributed by atoms with Crippen molar-refractivity contribution in [2.24, 2.45) is 0 Å². The second-order valence-corrected chi connectivity index (χ2v) is 11.8. The monoisotopic (exact) mass is 611 g/mol. The van der Waals surface area contributed by atoms with Gasteiger partial charge in [0.25, 0.3) is 0 Å². The Bertz CT molecular complexity index is 1230. The Hall–Kier alpha value is -3.63. The van der Waals surface area contributed by atoms with Crippen molar-refractivity contribution in [3.63, 3.8) is 0 Å². The molecule has 3 N–H and O–H groups in total. The zero-order valence-electron chi connectivity index (χ0n) is 24.8. The first-order valence-corrected chi connectivity index (χ1v) is 15.4. The molecule has 4 amide bonds. The Kier molecular flexibility index (Phi) is 11.8. The highest BCUT2D eigenvalue weighted by atomic mass is 35.5. The number of alkyl carbamates (subject to hydrolysis) is 1. The van der Waals surface area contributed by atoms with Crippen LogP contribution in [-0.2, 0) is 32.0 Å². The first-order valence-electron chi connectivity index (χ1n) is 15.0. The van der Waals surface area contributed by atoms with Gasteiger partial charge in [-0.15, -0.1) is 0 Å². The number of nitrogens with one attached hydrogen (secondary N) is 3. The average Bonchev–Trinajstić information content (AvgIpc) is 3.04. The van der Waals surface area contributed by atoms with Gasteiger partial charge in [0.1, 0.15) is 12.6 Å². The summed E-state index contributed by atoms with van der Waals surface area (Å²) in [5.74, 6) is -0.633.